The van der Waals surface area contributed by atoms with Crippen molar-refractivity contribution in [1.82, 2.24) is 10.2 Å². The minimum absolute atomic E-state index is 0.141. The summed E-state index contributed by atoms with van der Waals surface area (Å²) in [6.45, 7) is 5.49. The van der Waals surface area contributed by atoms with Crippen LogP contribution in [-0.4, -0.2) is 50.2 Å². The van der Waals surface area contributed by atoms with E-state index in [0.29, 0.717) is 6.54 Å². The molecule has 1 saturated heterocycles. The highest BCUT2D eigenvalue weighted by Gasteiger charge is 2.17. The first-order valence-electron chi connectivity index (χ1n) is 8.02. The van der Waals surface area contributed by atoms with Gasteiger partial charge in [0.15, 0.2) is 0 Å². The number of anilines is 2. The fourth-order valence-corrected chi connectivity index (χ4v) is 3.45. The third-order valence-corrected chi connectivity index (χ3v) is 5.07. The Hall–Kier alpha value is -1.76. The average Bonchev–Trinajstić information content (AvgIpc) is 3.09. The van der Waals surface area contributed by atoms with Crippen LogP contribution in [0.5, 0.6) is 0 Å². The maximum atomic E-state index is 11.8. The van der Waals surface area contributed by atoms with E-state index in [1.54, 1.807) is 0 Å². The van der Waals surface area contributed by atoms with Crippen molar-refractivity contribution >= 4 is 39.7 Å². The lowest BCUT2D eigenvalue weighted by Gasteiger charge is -2.36. The molecule has 1 fully saturated rings. The molecular weight excluding hydrogens is 344 g/mol. The quantitative estimate of drug-likeness (QED) is 0.855. The number of thiophene rings is 1. The van der Waals surface area contributed by atoms with Crippen LogP contribution in [0.4, 0.5) is 15.5 Å². The van der Waals surface area contributed by atoms with Crippen LogP contribution in [-0.2, 0) is 0 Å². The summed E-state index contributed by atoms with van der Waals surface area (Å²) in [6, 6.07) is 11.7. The van der Waals surface area contributed by atoms with Gasteiger partial charge < -0.3 is 10.2 Å². The normalized spacial score (nSPS) is 15.3. The number of piperazine rings is 1. The highest BCUT2D eigenvalue weighted by Crippen LogP contribution is 2.19. The summed E-state index contributed by atoms with van der Waals surface area (Å²) >= 11 is 7.45. The van der Waals surface area contributed by atoms with E-state index in [1.165, 1.54) is 17.0 Å². The van der Waals surface area contributed by atoms with Gasteiger partial charge >= 0.3 is 6.03 Å². The fourth-order valence-electron chi connectivity index (χ4n) is 2.71. The van der Waals surface area contributed by atoms with Gasteiger partial charge in [-0.25, -0.2) is 4.79 Å². The molecule has 0 radical (unpaired) electrons. The molecular formula is C17H21ClN4OS. The number of hydrogen-bond donors (Lipinski definition) is 2. The lowest BCUT2D eigenvalue weighted by atomic mass is 10.2. The molecule has 1 aliphatic rings. The Morgan fingerprint density at radius 2 is 1.88 bits per heavy atom. The van der Waals surface area contributed by atoms with Crippen molar-refractivity contribution in [3.8, 4) is 0 Å². The smallest absolute Gasteiger partial charge is 0.319 e. The molecule has 0 atom stereocenters. The van der Waals surface area contributed by atoms with Crippen molar-refractivity contribution in [3.63, 3.8) is 0 Å². The Morgan fingerprint density at radius 3 is 2.54 bits per heavy atom. The molecule has 1 aromatic heterocycles. The van der Waals surface area contributed by atoms with Crippen molar-refractivity contribution in [3.05, 3.63) is 46.8 Å². The second-order valence-electron chi connectivity index (χ2n) is 5.66. The number of amides is 2. The van der Waals surface area contributed by atoms with Gasteiger partial charge in [-0.1, -0.05) is 11.6 Å². The van der Waals surface area contributed by atoms with Crippen LogP contribution in [0.2, 0.25) is 5.02 Å². The molecule has 0 spiro atoms. The number of nitrogens with zero attached hydrogens (tertiary/aromatic N) is 2. The lowest BCUT2D eigenvalue weighted by molar-refractivity contribution is 0.240. The van der Waals surface area contributed by atoms with Crippen molar-refractivity contribution < 1.29 is 4.79 Å². The standard InChI is InChI=1S/C17H21ClN4OS/c18-14-3-5-15(6-4-14)22-11-9-21(10-12-22)8-7-19-17(23)20-16-2-1-13-24-16/h1-6,13H,7-12H2,(H2,19,20,23). The summed E-state index contributed by atoms with van der Waals surface area (Å²) in [6.07, 6.45) is 0. The van der Waals surface area contributed by atoms with Crippen molar-refractivity contribution in [2.45, 2.75) is 0 Å². The summed E-state index contributed by atoms with van der Waals surface area (Å²) in [5.74, 6) is 0. The van der Waals surface area contributed by atoms with Gasteiger partial charge in [0.25, 0.3) is 0 Å². The maximum absolute atomic E-state index is 11.8. The van der Waals surface area contributed by atoms with Gasteiger partial charge in [-0.05, 0) is 41.8 Å². The largest absolute Gasteiger partial charge is 0.369 e. The molecule has 2 heterocycles. The molecule has 2 amide bonds. The minimum Gasteiger partial charge on any atom is -0.369 e. The first-order valence-corrected chi connectivity index (χ1v) is 9.28. The number of nitrogens with one attached hydrogen (secondary N) is 2. The second-order valence-corrected chi connectivity index (χ2v) is 7.05. The average molecular weight is 365 g/mol. The third-order valence-electron chi connectivity index (χ3n) is 4.04. The molecule has 24 heavy (non-hydrogen) atoms. The second kappa shape index (κ2) is 8.37. The molecule has 0 aliphatic carbocycles. The number of urea groups is 1. The molecule has 2 aromatic rings. The molecule has 0 unspecified atom stereocenters. The predicted octanol–water partition coefficient (Wildman–Crippen LogP) is 3.35. The van der Waals surface area contributed by atoms with E-state index >= 15 is 0 Å². The van der Waals surface area contributed by atoms with Gasteiger partial charge in [0, 0.05) is 50.0 Å². The number of benzene rings is 1. The van der Waals surface area contributed by atoms with Crippen LogP contribution >= 0.6 is 22.9 Å². The van der Waals surface area contributed by atoms with Crippen LogP contribution in [0, 0.1) is 0 Å². The van der Waals surface area contributed by atoms with Crippen LogP contribution in [0.3, 0.4) is 0 Å². The van der Waals surface area contributed by atoms with Crippen molar-refractivity contribution in [1.29, 1.82) is 0 Å². The SMILES string of the molecule is O=C(NCCN1CCN(c2ccc(Cl)cc2)CC1)Nc1cccs1. The van der Waals surface area contributed by atoms with Crippen LogP contribution in [0.1, 0.15) is 0 Å². The van der Waals surface area contributed by atoms with E-state index < -0.39 is 0 Å². The third kappa shape index (κ3) is 4.87. The Morgan fingerprint density at radius 1 is 1.12 bits per heavy atom. The van der Waals surface area contributed by atoms with Gasteiger partial charge in [0.1, 0.15) is 0 Å². The zero-order valence-electron chi connectivity index (χ0n) is 13.4. The molecule has 128 valence electrons. The van der Waals surface area contributed by atoms with Gasteiger partial charge in [-0.2, -0.15) is 0 Å². The minimum atomic E-state index is -0.141. The monoisotopic (exact) mass is 364 g/mol. The number of rotatable bonds is 5. The number of halogens is 1. The van der Waals surface area contributed by atoms with E-state index in [1.807, 2.05) is 29.6 Å². The van der Waals surface area contributed by atoms with Crippen molar-refractivity contribution in [2.75, 3.05) is 49.5 Å². The number of carbonyl (C=O) groups excluding carboxylic acids is 1. The van der Waals surface area contributed by atoms with Crippen LogP contribution in [0.15, 0.2) is 41.8 Å². The number of hydrogen-bond acceptors (Lipinski definition) is 4. The molecule has 0 saturated carbocycles. The lowest BCUT2D eigenvalue weighted by Crippen LogP contribution is -2.48. The van der Waals surface area contributed by atoms with Crippen LogP contribution in [0.25, 0.3) is 0 Å². The molecule has 7 heteroatoms. The summed E-state index contributed by atoms with van der Waals surface area (Å²) in [7, 11) is 0. The highest BCUT2D eigenvalue weighted by molar-refractivity contribution is 7.14. The molecule has 5 nitrogen and oxygen atoms in total. The Bertz CT molecular complexity index is 639. The summed E-state index contributed by atoms with van der Waals surface area (Å²) in [4.78, 5) is 16.5. The van der Waals surface area contributed by atoms with E-state index in [0.717, 1.165) is 42.7 Å². The maximum Gasteiger partial charge on any atom is 0.319 e. The van der Waals surface area contributed by atoms with Gasteiger partial charge in [0.05, 0.1) is 5.00 Å². The van der Waals surface area contributed by atoms with Crippen molar-refractivity contribution in [2.24, 2.45) is 0 Å². The van der Waals surface area contributed by atoms with E-state index in [-0.39, 0.29) is 6.03 Å². The first kappa shape index (κ1) is 17.1. The predicted molar refractivity (Wildman–Crippen MR) is 101 cm³/mol. The van der Waals surface area contributed by atoms with E-state index in [4.69, 9.17) is 11.6 Å². The highest BCUT2D eigenvalue weighted by atomic mass is 35.5. The Labute approximate surface area is 151 Å². The van der Waals surface area contributed by atoms with E-state index in [9.17, 15) is 4.79 Å². The number of carbonyl (C=O) groups is 1. The molecule has 3 rings (SSSR count). The Kier molecular flexibility index (Phi) is 5.96. The topological polar surface area (TPSA) is 47.6 Å². The van der Waals surface area contributed by atoms with Gasteiger partial charge in [-0.3, -0.25) is 10.2 Å². The Balaban J connectivity index is 1.35. The van der Waals surface area contributed by atoms with Gasteiger partial charge in [0.2, 0.25) is 0 Å². The zero-order valence-corrected chi connectivity index (χ0v) is 14.9. The fraction of sp³-hybridized carbons (Fsp3) is 0.353. The molecule has 2 N–H and O–H groups in total. The molecule has 0 bridgehead atoms. The molecule has 1 aromatic carbocycles. The summed E-state index contributed by atoms with van der Waals surface area (Å²) < 4.78 is 0. The first-order chi connectivity index (χ1) is 11.7. The van der Waals surface area contributed by atoms with Crippen LogP contribution < -0.4 is 15.5 Å². The molecule has 1 aliphatic heterocycles. The van der Waals surface area contributed by atoms with Gasteiger partial charge in [-0.15, -0.1) is 11.3 Å². The van der Waals surface area contributed by atoms with E-state index in [2.05, 4.69) is 32.6 Å². The summed E-state index contributed by atoms with van der Waals surface area (Å²) in [5, 5.41) is 9.30. The summed E-state index contributed by atoms with van der Waals surface area (Å²) in [5.41, 5.74) is 1.22. The zero-order chi connectivity index (χ0) is 16.8.